The van der Waals surface area contributed by atoms with Gasteiger partial charge in [0.2, 0.25) is 0 Å². The van der Waals surface area contributed by atoms with E-state index in [0.29, 0.717) is 40.6 Å². The summed E-state index contributed by atoms with van der Waals surface area (Å²) in [5.74, 6) is 0.203. The third-order valence-corrected chi connectivity index (χ3v) is 6.59. The molecular weight excluding hydrogens is 508 g/mol. The molecule has 0 aromatic heterocycles. The maximum absolute atomic E-state index is 12.4. The molecule has 33 heavy (non-hydrogen) atoms. The lowest BCUT2D eigenvalue weighted by Crippen LogP contribution is -2.28. The molecule has 0 unspecified atom stereocenters. The van der Waals surface area contributed by atoms with Gasteiger partial charge in [0.05, 0.1) is 17.7 Å². The SMILES string of the molecule is CCCN1C(=O)S/C(=C/c2ccc(OCC(=O)Nc3cc(C)c(C)cc3Br)c(OC)c2)C1=O. The summed E-state index contributed by atoms with van der Waals surface area (Å²) in [5.41, 5.74) is 3.55. The molecule has 0 bridgehead atoms. The van der Waals surface area contributed by atoms with Crippen molar-refractivity contribution in [3.05, 3.63) is 56.4 Å². The van der Waals surface area contributed by atoms with Gasteiger partial charge >= 0.3 is 0 Å². The molecule has 0 saturated carbocycles. The number of ether oxygens (including phenoxy) is 2. The molecule has 0 radical (unpaired) electrons. The first kappa shape index (κ1) is 24.9. The van der Waals surface area contributed by atoms with Gasteiger partial charge in [-0.3, -0.25) is 19.3 Å². The molecule has 0 spiro atoms. The first-order valence-corrected chi connectivity index (χ1v) is 12.0. The fourth-order valence-electron chi connectivity index (χ4n) is 3.17. The summed E-state index contributed by atoms with van der Waals surface area (Å²) >= 11 is 4.38. The van der Waals surface area contributed by atoms with Crippen LogP contribution in [-0.2, 0) is 9.59 Å². The highest BCUT2D eigenvalue weighted by molar-refractivity contribution is 9.10. The number of hydrogen-bond donors (Lipinski definition) is 1. The molecule has 174 valence electrons. The van der Waals surface area contributed by atoms with Crippen LogP contribution in [0.5, 0.6) is 11.5 Å². The number of carbonyl (C=O) groups excluding carboxylic acids is 3. The number of rotatable bonds is 8. The van der Waals surface area contributed by atoms with Crippen LogP contribution < -0.4 is 14.8 Å². The third kappa shape index (κ3) is 5.97. The Morgan fingerprint density at radius 3 is 2.58 bits per heavy atom. The second-order valence-electron chi connectivity index (χ2n) is 7.50. The van der Waals surface area contributed by atoms with Crippen molar-refractivity contribution in [2.24, 2.45) is 0 Å². The van der Waals surface area contributed by atoms with E-state index in [1.165, 1.54) is 12.0 Å². The van der Waals surface area contributed by atoms with Gasteiger partial charge in [0.25, 0.3) is 17.1 Å². The molecule has 2 aromatic rings. The van der Waals surface area contributed by atoms with Crippen molar-refractivity contribution in [3.8, 4) is 11.5 Å². The summed E-state index contributed by atoms with van der Waals surface area (Å²) in [6.07, 6.45) is 2.36. The lowest BCUT2D eigenvalue weighted by molar-refractivity contribution is -0.122. The van der Waals surface area contributed by atoms with E-state index in [1.54, 1.807) is 24.3 Å². The Hall–Kier alpha value is -2.78. The fourth-order valence-corrected chi connectivity index (χ4v) is 4.59. The number of anilines is 1. The summed E-state index contributed by atoms with van der Waals surface area (Å²) in [5, 5.41) is 2.57. The minimum atomic E-state index is -0.310. The summed E-state index contributed by atoms with van der Waals surface area (Å²) in [7, 11) is 1.49. The number of amides is 3. The molecule has 7 nitrogen and oxygen atoms in total. The second-order valence-corrected chi connectivity index (χ2v) is 9.34. The molecule has 9 heteroatoms. The number of hydrogen-bond acceptors (Lipinski definition) is 6. The molecule has 1 fully saturated rings. The number of nitrogens with one attached hydrogen (secondary N) is 1. The van der Waals surface area contributed by atoms with E-state index in [4.69, 9.17) is 9.47 Å². The zero-order valence-electron chi connectivity index (χ0n) is 18.9. The fraction of sp³-hybridized carbons (Fsp3) is 0.292. The van der Waals surface area contributed by atoms with Gasteiger partial charge in [0.15, 0.2) is 18.1 Å². The molecule has 0 aliphatic carbocycles. The molecular formula is C24H25BrN2O5S. The maximum Gasteiger partial charge on any atom is 0.293 e. The van der Waals surface area contributed by atoms with Gasteiger partial charge < -0.3 is 14.8 Å². The molecule has 1 aliphatic heterocycles. The normalized spacial score (nSPS) is 14.7. The van der Waals surface area contributed by atoms with Gasteiger partial charge in [-0.2, -0.15) is 0 Å². The van der Waals surface area contributed by atoms with E-state index in [9.17, 15) is 14.4 Å². The number of thioether (sulfide) groups is 1. The van der Waals surface area contributed by atoms with E-state index in [2.05, 4.69) is 21.2 Å². The molecule has 3 rings (SSSR count). The van der Waals surface area contributed by atoms with Crippen LogP contribution in [0.3, 0.4) is 0 Å². The first-order chi connectivity index (χ1) is 15.7. The number of benzene rings is 2. The molecule has 0 atom stereocenters. The quantitative estimate of drug-likeness (QED) is 0.449. The van der Waals surface area contributed by atoms with Gasteiger partial charge in [-0.1, -0.05) is 13.0 Å². The Kier molecular flexibility index (Phi) is 8.20. The van der Waals surface area contributed by atoms with Crippen molar-refractivity contribution >= 4 is 56.5 Å². The van der Waals surface area contributed by atoms with Crippen LogP contribution in [-0.4, -0.2) is 42.2 Å². The maximum atomic E-state index is 12.4. The Balaban J connectivity index is 1.68. The third-order valence-electron chi connectivity index (χ3n) is 5.02. The Morgan fingerprint density at radius 1 is 1.15 bits per heavy atom. The number of imide groups is 1. The number of carbonyl (C=O) groups is 3. The smallest absolute Gasteiger partial charge is 0.293 e. The molecule has 1 aliphatic rings. The number of methoxy groups -OCH3 is 1. The first-order valence-electron chi connectivity index (χ1n) is 10.4. The topological polar surface area (TPSA) is 84.9 Å². The van der Waals surface area contributed by atoms with Crippen LogP contribution in [0.1, 0.15) is 30.0 Å². The van der Waals surface area contributed by atoms with Crippen LogP contribution >= 0.6 is 27.7 Å². The monoisotopic (exact) mass is 532 g/mol. The van der Waals surface area contributed by atoms with Gasteiger partial charge in [0, 0.05) is 11.0 Å². The average Bonchev–Trinajstić information content (AvgIpc) is 3.04. The predicted octanol–water partition coefficient (Wildman–Crippen LogP) is 5.54. The lowest BCUT2D eigenvalue weighted by atomic mass is 10.1. The van der Waals surface area contributed by atoms with Crippen LogP contribution in [0.25, 0.3) is 6.08 Å². The molecule has 1 heterocycles. The molecule has 3 amide bonds. The predicted molar refractivity (Wildman–Crippen MR) is 134 cm³/mol. The zero-order chi connectivity index (χ0) is 24.1. The van der Waals surface area contributed by atoms with Crippen molar-refractivity contribution < 1.29 is 23.9 Å². The van der Waals surface area contributed by atoms with E-state index in [-0.39, 0.29) is 23.7 Å². The molecule has 2 aromatic carbocycles. The van der Waals surface area contributed by atoms with Gasteiger partial charge in [0.1, 0.15) is 0 Å². The van der Waals surface area contributed by atoms with E-state index < -0.39 is 0 Å². The number of halogens is 1. The second kappa shape index (κ2) is 10.9. The van der Waals surface area contributed by atoms with Gasteiger partial charge in [-0.25, -0.2) is 0 Å². The summed E-state index contributed by atoms with van der Waals surface area (Å²) in [6.45, 7) is 6.09. The van der Waals surface area contributed by atoms with E-state index in [1.807, 2.05) is 32.9 Å². The highest BCUT2D eigenvalue weighted by Crippen LogP contribution is 2.34. The standard InChI is InChI=1S/C24H25BrN2O5S/c1-5-8-27-23(29)21(33-24(27)30)12-16-6-7-19(20(11-16)31-4)32-13-22(28)26-18-10-15(3)14(2)9-17(18)25/h6-7,9-12H,5,8,13H2,1-4H3,(H,26,28)/b21-12+. The molecule has 1 N–H and O–H groups in total. The number of aryl methyl sites for hydroxylation is 2. The van der Waals surface area contributed by atoms with Crippen LogP contribution in [0.4, 0.5) is 10.5 Å². The summed E-state index contributed by atoms with van der Waals surface area (Å²) in [4.78, 5) is 38.5. The average molecular weight is 533 g/mol. The van der Waals surface area contributed by atoms with Crippen molar-refractivity contribution in [2.75, 3.05) is 25.6 Å². The summed E-state index contributed by atoms with van der Waals surface area (Å²) < 4.78 is 11.9. The Labute approximate surface area is 205 Å². The highest BCUT2D eigenvalue weighted by atomic mass is 79.9. The Bertz CT molecular complexity index is 1130. The van der Waals surface area contributed by atoms with Crippen molar-refractivity contribution in [2.45, 2.75) is 27.2 Å². The van der Waals surface area contributed by atoms with Crippen molar-refractivity contribution in [3.63, 3.8) is 0 Å². The van der Waals surface area contributed by atoms with Gasteiger partial charge in [-0.15, -0.1) is 0 Å². The minimum absolute atomic E-state index is 0.203. The highest BCUT2D eigenvalue weighted by Gasteiger charge is 2.34. The molecule has 1 saturated heterocycles. The van der Waals surface area contributed by atoms with E-state index in [0.717, 1.165) is 27.4 Å². The Morgan fingerprint density at radius 2 is 1.88 bits per heavy atom. The minimum Gasteiger partial charge on any atom is -0.493 e. The zero-order valence-corrected chi connectivity index (χ0v) is 21.3. The number of nitrogens with zero attached hydrogens (tertiary/aromatic N) is 1. The van der Waals surface area contributed by atoms with Crippen LogP contribution in [0.2, 0.25) is 0 Å². The van der Waals surface area contributed by atoms with Crippen LogP contribution in [0, 0.1) is 13.8 Å². The van der Waals surface area contributed by atoms with Gasteiger partial charge in [-0.05, 0) is 95.0 Å². The summed E-state index contributed by atoms with van der Waals surface area (Å²) in [6, 6.07) is 8.95. The van der Waals surface area contributed by atoms with Crippen molar-refractivity contribution in [1.29, 1.82) is 0 Å². The van der Waals surface area contributed by atoms with E-state index >= 15 is 0 Å². The lowest BCUT2D eigenvalue weighted by Gasteiger charge is -2.13. The van der Waals surface area contributed by atoms with Crippen molar-refractivity contribution in [1.82, 2.24) is 4.90 Å². The van der Waals surface area contributed by atoms with Crippen LogP contribution in [0.15, 0.2) is 39.7 Å². The largest absolute Gasteiger partial charge is 0.493 e.